The number of amides is 1. The average Bonchev–Trinajstić information content (AvgIpc) is 3.07. The fourth-order valence-corrected chi connectivity index (χ4v) is 3.30. The maximum absolute atomic E-state index is 12.4. The van der Waals surface area contributed by atoms with Crippen molar-refractivity contribution in [1.82, 2.24) is 24.3 Å². The van der Waals surface area contributed by atoms with Gasteiger partial charge in [-0.2, -0.15) is 5.10 Å². The van der Waals surface area contributed by atoms with Crippen molar-refractivity contribution in [3.8, 4) is 0 Å². The van der Waals surface area contributed by atoms with E-state index in [0.717, 1.165) is 18.9 Å². The minimum absolute atomic E-state index is 0.120. The molecule has 0 aliphatic carbocycles. The lowest BCUT2D eigenvalue weighted by atomic mass is 10.1. The van der Waals surface area contributed by atoms with Crippen LogP contribution in [0.3, 0.4) is 0 Å². The minimum atomic E-state index is -0.310. The molecule has 1 amide bonds. The Kier molecular flexibility index (Phi) is 4.57. The molecular formula is C18H21N7O2. The molecule has 1 N–H and O–H groups in total. The van der Waals surface area contributed by atoms with Gasteiger partial charge in [-0.15, -0.1) is 0 Å². The Morgan fingerprint density at radius 1 is 1.15 bits per heavy atom. The summed E-state index contributed by atoms with van der Waals surface area (Å²) in [5, 5.41) is 7.18. The van der Waals surface area contributed by atoms with Crippen LogP contribution in [0.2, 0.25) is 0 Å². The summed E-state index contributed by atoms with van der Waals surface area (Å²) in [6.45, 7) is 1.92. The van der Waals surface area contributed by atoms with Gasteiger partial charge in [0.25, 0.3) is 5.56 Å². The van der Waals surface area contributed by atoms with E-state index in [1.54, 1.807) is 13.2 Å². The van der Waals surface area contributed by atoms with Crippen molar-refractivity contribution in [3.05, 3.63) is 41.2 Å². The van der Waals surface area contributed by atoms with Gasteiger partial charge in [0.1, 0.15) is 24.1 Å². The van der Waals surface area contributed by atoms with Gasteiger partial charge in [0.05, 0.1) is 18.1 Å². The maximum Gasteiger partial charge on any atom is 0.264 e. The van der Waals surface area contributed by atoms with Crippen LogP contribution in [-0.2, 0) is 18.4 Å². The topological polar surface area (TPSA) is 97.9 Å². The number of fused-ring (bicyclic) bond motifs is 1. The van der Waals surface area contributed by atoms with E-state index in [1.165, 1.54) is 41.0 Å². The van der Waals surface area contributed by atoms with Gasteiger partial charge in [-0.3, -0.25) is 18.8 Å². The molecule has 1 aliphatic rings. The van der Waals surface area contributed by atoms with Gasteiger partial charge < -0.3 is 10.2 Å². The number of anilines is 2. The summed E-state index contributed by atoms with van der Waals surface area (Å²) in [5.41, 5.74) is 0.806. The van der Waals surface area contributed by atoms with E-state index in [-0.39, 0.29) is 18.0 Å². The van der Waals surface area contributed by atoms with E-state index in [1.807, 2.05) is 12.1 Å². The Hall–Kier alpha value is -3.23. The zero-order chi connectivity index (χ0) is 18.8. The third kappa shape index (κ3) is 3.53. The van der Waals surface area contributed by atoms with Crippen LogP contribution in [0.5, 0.6) is 0 Å². The number of aryl methyl sites for hydroxylation is 1. The Morgan fingerprint density at radius 3 is 2.70 bits per heavy atom. The molecule has 9 nitrogen and oxygen atoms in total. The molecule has 1 fully saturated rings. The second kappa shape index (κ2) is 7.18. The Morgan fingerprint density at radius 2 is 1.96 bits per heavy atom. The van der Waals surface area contributed by atoms with E-state index < -0.39 is 0 Å². The fraction of sp³-hybridized carbons (Fsp3) is 0.389. The molecule has 0 unspecified atom stereocenters. The number of hydrogen-bond acceptors (Lipinski definition) is 6. The molecule has 9 heteroatoms. The van der Waals surface area contributed by atoms with Crippen molar-refractivity contribution < 1.29 is 4.79 Å². The van der Waals surface area contributed by atoms with Crippen molar-refractivity contribution >= 4 is 28.4 Å². The van der Waals surface area contributed by atoms with Gasteiger partial charge >= 0.3 is 0 Å². The summed E-state index contributed by atoms with van der Waals surface area (Å²) in [5.74, 6) is 0.616. The van der Waals surface area contributed by atoms with Crippen LogP contribution in [0.25, 0.3) is 11.0 Å². The smallest absolute Gasteiger partial charge is 0.264 e. The third-order valence-electron chi connectivity index (χ3n) is 4.74. The maximum atomic E-state index is 12.4. The molecule has 4 heterocycles. The van der Waals surface area contributed by atoms with Crippen LogP contribution in [0.4, 0.5) is 11.5 Å². The number of aromatic nitrogens is 5. The Bertz CT molecular complexity index is 1020. The molecule has 0 saturated carbocycles. The predicted octanol–water partition coefficient (Wildman–Crippen LogP) is 1.15. The highest BCUT2D eigenvalue weighted by Crippen LogP contribution is 2.18. The normalized spacial score (nSPS) is 14.5. The number of piperidine rings is 1. The molecule has 0 radical (unpaired) electrons. The van der Waals surface area contributed by atoms with E-state index in [4.69, 9.17) is 0 Å². The third-order valence-corrected chi connectivity index (χ3v) is 4.74. The van der Waals surface area contributed by atoms with Crippen LogP contribution >= 0.6 is 0 Å². The molecule has 0 atom stereocenters. The average molecular weight is 367 g/mol. The molecule has 1 aliphatic heterocycles. The van der Waals surface area contributed by atoms with Crippen LogP contribution in [-0.4, -0.2) is 43.3 Å². The van der Waals surface area contributed by atoms with Crippen LogP contribution in [0, 0.1) is 0 Å². The second-order valence-electron chi connectivity index (χ2n) is 6.68. The lowest BCUT2D eigenvalue weighted by molar-refractivity contribution is -0.116. The van der Waals surface area contributed by atoms with Crippen molar-refractivity contribution in [3.63, 3.8) is 0 Å². The van der Waals surface area contributed by atoms with Crippen molar-refractivity contribution in [2.75, 3.05) is 23.3 Å². The number of carbonyl (C=O) groups is 1. The summed E-state index contributed by atoms with van der Waals surface area (Å²) >= 11 is 0. The zero-order valence-electron chi connectivity index (χ0n) is 15.1. The van der Waals surface area contributed by atoms with Gasteiger partial charge in [-0.25, -0.2) is 9.97 Å². The molecule has 3 aromatic rings. The van der Waals surface area contributed by atoms with Gasteiger partial charge in [0, 0.05) is 20.1 Å². The standard InChI is InChI=1S/C18H21N7O2/c1-23-17-14(10-21-23)18(27)25(12-20-17)11-16(26)22-13-5-6-15(19-9-13)24-7-3-2-4-8-24/h5-6,9-10,12H,2-4,7-8,11H2,1H3,(H,22,26). The summed E-state index contributed by atoms with van der Waals surface area (Å²) in [4.78, 5) is 35.6. The van der Waals surface area contributed by atoms with Gasteiger partial charge in [-0.05, 0) is 31.4 Å². The number of hydrogen-bond donors (Lipinski definition) is 1. The summed E-state index contributed by atoms with van der Waals surface area (Å²) in [7, 11) is 1.71. The lowest BCUT2D eigenvalue weighted by Gasteiger charge is -2.27. The van der Waals surface area contributed by atoms with Gasteiger partial charge in [0.15, 0.2) is 5.65 Å². The molecule has 3 aromatic heterocycles. The molecule has 27 heavy (non-hydrogen) atoms. The van der Waals surface area contributed by atoms with Gasteiger partial charge in [-0.1, -0.05) is 0 Å². The molecule has 0 aromatic carbocycles. The monoisotopic (exact) mass is 367 g/mol. The number of pyridine rings is 1. The van der Waals surface area contributed by atoms with Crippen LogP contribution in [0.15, 0.2) is 35.6 Å². The number of rotatable bonds is 4. The number of nitrogens with zero attached hydrogens (tertiary/aromatic N) is 6. The fourth-order valence-electron chi connectivity index (χ4n) is 3.30. The Balaban J connectivity index is 1.43. The predicted molar refractivity (Wildman–Crippen MR) is 102 cm³/mol. The largest absolute Gasteiger partial charge is 0.357 e. The molecule has 0 spiro atoms. The first-order valence-corrected chi connectivity index (χ1v) is 9.00. The zero-order valence-corrected chi connectivity index (χ0v) is 15.1. The molecule has 4 rings (SSSR count). The highest BCUT2D eigenvalue weighted by molar-refractivity contribution is 5.90. The summed E-state index contributed by atoms with van der Waals surface area (Å²) < 4.78 is 2.80. The van der Waals surface area contributed by atoms with Crippen molar-refractivity contribution in [1.29, 1.82) is 0 Å². The molecule has 0 bridgehead atoms. The summed E-state index contributed by atoms with van der Waals surface area (Å²) in [6, 6.07) is 3.75. The van der Waals surface area contributed by atoms with E-state index in [9.17, 15) is 9.59 Å². The molecular weight excluding hydrogens is 346 g/mol. The highest BCUT2D eigenvalue weighted by Gasteiger charge is 2.13. The highest BCUT2D eigenvalue weighted by atomic mass is 16.2. The molecule has 140 valence electrons. The van der Waals surface area contributed by atoms with Crippen molar-refractivity contribution in [2.45, 2.75) is 25.8 Å². The number of nitrogens with one attached hydrogen (secondary N) is 1. The van der Waals surface area contributed by atoms with Crippen molar-refractivity contribution in [2.24, 2.45) is 7.05 Å². The van der Waals surface area contributed by atoms with Crippen LogP contribution < -0.4 is 15.8 Å². The van der Waals surface area contributed by atoms with E-state index in [0.29, 0.717) is 16.7 Å². The van der Waals surface area contributed by atoms with Crippen LogP contribution in [0.1, 0.15) is 19.3 Å². The lowest BCUT2D eigenvalue weighted by Crippen LogP contribution is -2.30. The first-order chi connectivity index (χ1) is 13.1. The van der Waals surface area contributed by atoms with E-state index >= 15 is 0 Å². The quantitative estimate of drug-likeness (QED) is 0.743. The summed E-state index contributed by atoms with van der Waals surface area (Å²) in [6.07, 6.45) is 8.11. The minimum Gasteiger partial charge on any atom is -0.357 e. The second-order valence-corrected chi connectivity index (χ2v) is 6.68. The van der Waals surface area contributed by atoms with E-state index in [2.05, 4.69) is 25.3 Å². The Labute approximate surface area is 155 Å². The first kappa shape index (κ1) is 17.2. The molecule has 1 saturated heterocycles. The SMILES string of the molecule is Cn1ncc2c(=O)n(CC(=O)Nc3ccc(N4CCCCC4)nc3)cnc21. The van der Waals surface area contributed by atoms with Gasteiger partial charge in [0.2, 0.25) is 5.91 Å². The number of carbonyl (C=O) groups excluding carboxylic acids is 1. The first-order valence-electron chi connectivity index (χ1n) is 9.00.